The number of amides is 1. The Labute approximate surface area is 109 Å². The molecule has 2 aliphatic rings. The van der Waals surface area contributed by atoms with Crippen LogP contribution in [0.3, 0.4) is 0 Å². The Kier molecular flexibility index (Phi) is 5.70. The third-order valence-electron chi connectivity index (χ3n) is 3.72. The van der Waals surface area contributed by atoms with Gasteiger partial charge in [-0.1, -0.05) is 6.42 Å². The van der Waals surface area contributed by atoms with E-state index in [1.807, 2.05) is 18.9 Å². The van der Waals surface area contributed by atoms with Crippen LogP contribution in [0.1, 0.15) is 26.2 Å². The minimum Gasteiger partial charge on any atom is -0.375 e. The van der Waals surface area contributed by atoms with Crippen molar-refractivity contribution >= 4 is 18.3 Å². The molecule has 100 valence electrons. The van der Waals surface area contributed by atoms with E-state index in [-0.39, 0.29) is 30.5 Å². The van der Waals surface area contributed by atoms with Crippen LogP contribution in [0, 0.1) is 5.92 Å². The summed E-state index contributed by atoms with van der Waals surface area (Å²) >= 11 is 0. The Bertz CT molecular complexity index is 259. The molecule has 0 aromatic rings. The Morgan fingerprint density at radius 1 is 1.47 bits per heavy atom. The fourth-order valence-corrected chi connectivity index (χ4v) is 2.40. The van der Waals surface area contributed by atoms with E-state index in [0.29, 0.717) is 6.61 Å². The molecule has 4 nitrogen and oxygen atoms in total. The summed E-state index contributed by atoms with van der Waals surface area (Å²) < 4.78 is 5.50. The maximum atomic E-state index is 12.2. The number of rotatable bonds is 3. The number of carbonyl (C=O) groups is 1. The number of nitrogens with one attached hydrogen (secondary N) is 1. The lowest BCUT2D eigenvalue weighted by Crippen LogP contribution is -2.56. The van der Waals surface area contributed by atoms with Gasteiger partial charge in [0.1, 0.15) is 6.04 Å². The first-order chi connectivity index (χ1) is 7.68. The van der Waals surface area contributed by atoms with Gasteiger partial charge in [-0.25, -0.2) is 0 Å². The van der Waals surface area contributed by atoms with Crippen molar-refractivity contribution in [1.29, 1.82) is 0 Å². The summed E-state index contributed by atoms with van der Waals surface area (Å²) in [5.74, 6) is 0.910. The Morgan fingerprint density at radius 2 is 2.18 bits per heavy atom. The molecule has 1 aliphatic heterocycles. The normalized spacial score (nSPS) is 29.1. The summed E-state index contributed by atoms with van der Waals surface area (Å²) in [4.78, 5) is 14.0. The van der Waals surface area contributed by atoms with Gasteiger partial charge in [-0.15, -0.1) is 12.4 Å². The van der Waals surface area contributed by atoms with Gasteiger partial charge in [-0.2, -0.15) is 0 Å². The van der Waals surface area contributed by atoms with E-state index in [1.54, 1.807) is 0 Å². The topological polar surface area (TPSA) is 41.6 Å². The first-order valence-corrected chi connectivity index (χ1v) is 6.28. The van der Waals surface area contributed by atoms with E-state index in [4.69, 9.17) is 4.74 Å². The Hall–Kier alpha value is -0.320. The minimum atomic E-state index is -0.154. The molecule has 2 rings (SSSR count). The third-order valence-corrected chi connectivity index (χ3v) is 3.72. The third kappa shape index (κ3) is 3.57. The Balaban J connectivity index is 0.00000144. The van der Waals surface area contributed by atoms with E-state index < -0.39 is 0 Å². The molecule has 1 saturated heterocycles. The van der Waals surface area contributed by atoms with Gasteiger partial charge in [-0.05, 0) is 25.7 Å². The van der Waals surface area contributed by atoms with Crippen LogP contribution in [-0.2, 0) is 9.53 Å². The van der Waals surface area contributed by atoms with Crippen molar-refractivity contribution in [2.75, 3.05) is 26.7 Å². The number of morpholine rings is 1. The number of carbonyl (C=O) groups excluding carboxylic acids is 1. The highest BCUT2D eigenvalue weighted by Crippen LogP contribution is 2.27. The van der Waals surface area contributed by atoms with Crippen molar-refractivity contribution in [3.05, 3.63) is 0 Å². The summed E-state index contributed by atoms with van der Waals surface area (Å²) in [6, 6.07) is -0.154. The van der Waals surface area contributed by atoms with Crippen LogP contribution >= 0.6 is 12.4 Å². The monoisotopic (exact) mass is 262 g/mol. The van der Waals surface area contributed by atoms with Gasteiger partial charge < -0.3 is 15.0 Å². The first kappa shape index (κ1) is 14.7. The van der Waals surface area contributed by atoms with E-state index in [2.05, 4.69) is 5.32 Å². The van der Waals surface area contributed by atoms with Crippen molar-refractivity contribution in [3.8, 4) is 0 Å². The lowest BCUT2D eigenvalue weighted by atomic mass is 9.85. The second-order valence-electron chi connectivity index (χ2n) is 5.02. The molecule has 17 heavy (non-hydrogen) atoms. The van der Waals surface area contributed by atoms with Gasteiger partial charge in [0.2, 0.25) is 5.91 Å². The summed E-state index contributed by atoms with van der Waals surface area (Å²) in [6.07, 6.45) is 3.88. The van der Waals surface area contributed by atoms with Crippen molar-refractivity contribution in [1.82, 2.24) is 10.2 Å². The molecule has 1 heterocycles. The number of hydrogen-bond donors (Lipinski definition) is 1. The molecule has 2 atom stereocenters. The molecule has 0 aromatic heterocycles. The second kappa shape index (κ2) is 6.57. The molecular formula is C12H23ClN2O2. The predicted molar refractivity (Wildman–Crippen MR) is 69.4 cm³/mol. The SMILES string of the molecule is C[C@H]1OCCN[C@@H]1C(=O)N(C)CC1CCC1.Cl. The van der Waals surface area contributed by atoms with Gasteiger partial charge in [-0.3, -0.25) is 4.79 Å². The second-order valence-corrected chi connectivity index (χ2v) is 5.02. The largest absolute Gasteiger partial charge is 0.375 e. The van der Waals surface area contributed by atoms with Crippen LogP contribution in [0.2, 0.25) is 0 Å². The van der Waals surface area contributed by atoms with Crippen molar-refractivity contribution in [3.63, 3.8) is 0 Å². The molecule has 1 N–H and O–H groups in total. The smallest absolute Gasteiger partial charge is 0.242 e. The molecule has 1 aliphatic carbocycles. The Morgan fingerprint density at radius 3 is 2.71 bits per heavy atom. The molecule has 1 saturated carbocycles. The van der Waals surface area contributed by atoms with Gasteiger partial charge in [0.05, 0.1) is 12.7 Å². The van der Waals surface area contributed by atoms with Crippen LogP contribution in [0.25, 0.3) is 0 Å². The molecule has 5 heteroatoms. The van der Waals surface area contributed by atoms with E-state index >= 15 is 0 Å². The summed E-state index contributed by atoms with van der Waals surface area (Å²) in [5, 5.41) is 3.24. The molecule has 1 amide bonds. The summed E-state index contributed by atoms with van der Waals surface area (Å²) in [6.45, 7) is 4.35. The lowest BCUT2D eigenvalue weighted by molar-refractivity contribution is -0.139. The van der Waals surface area contributed by atoms with Crippen LogP contribution < -0.4 is 5.32 Å². The minimum absolute atomic E-state index is 0. The van der Waals surface area contributed by atoms with Crippen LogP contribution in [0.15, 0.2) is 0 Å². The fourth-order valence-electron chi connectivity index (χ4n) is 2.40. The number of halogens is 1. The zero-order valence-corrected chi connectivity index (χ0v) is 11.5. The fraction of sp³-hybridized carbons (Fsp3) is 0.917. The number of hydrogen-bond acceptors (Lipinski definition) is 3. The molecule has 0 unspecified atom stereocenters. The summed E-state index contributed by atoms with van der Waals surface area (Å²) in [7, 11) is 1.91. The van der Waals surface area contributed by atoms with E-state index in [9.17, 15) is 4.79 Å². The van der Waals surface area contributed by atoms with E-state index in [1.165, 1.54) is 19.3 Å². The predicted octanol–water partition coefficient (Wildman–Crippen LogP) is 1.04. The molecule has 2 fully saturated rings. The lowest BCUT2D eigenvalue weighted by Gasteiger charge is -2.35. The maximum Gasteiger partial charge on any atom is 0.242 e. The standard InChI is InChI=1S/C12H22N2O2.ClH/c1-9-11(13-6-7-16-9)12(15)14(2)8-10-4-3-5-10;/h9-11,13H,3-8H2,1-2H3;1H/t9-,11+;/m1./s1. The quantitative estimate of drug-likeness (QED) is 0.827. The van der Waals surface area contributed by atoms with Crippen molar-refractivity contribution in [2.45, 2.75) is 38.3 Å². The van der Waals surface area contributed by atoms with Crippen molar-refractivity contribution in [2.24, 2.45) is 5.92 Å². The molecular weight excluding hydrogens is 240 g/mol. The van der Waals surface area contributed by atoms with Gasteiger partial charge in [0, 0.05) is 20.1 Å². The zero-order valence-electron chi connectivity index (χ0n) is 10.6. The van der Waals surface area contributed by atoms with Gasteiger partial charge in [0.25, 0.3) is 0 Å². The first-order valence-electron chi connectivity index (χ1n) is 6.28. The van der Waals surface area contributed by atoms with Crippen LogP contribution in [-0.4, -0.2) is 49.7 Å². The highest BCUT2D eigenvalue weighted by molar-refractivity contribution is 5.85. The van der Waals surface area contributed by atoms with E-state index in [0.717, 1.165) is 19.0 Å². The highest BCUT2D eigenvalue weighted by atomic mass is 35.5. The van der Waals surface area contributed by atoms with Crippen LogP contribution in [0.5, 0.6) is 0 Å². The molecule has 0 radical (unpaired) electrons. The average molecular weight is 263 g/mol. The maximum absolute atomic E-state index is 12.2. The van der Waals surface area contributed by atoms with Crippen molar-refractivity contribution < 1.29 is 9.53 Å². The van der Waals surface area contributed by atoms with Gasteiger partial charge >= 0.3 is 0 Å². The van der Waals surface area contributed by atoms with Gasteiger partial charge in [0.15, 0.2) is 0 Å². The summed E-state index contributed by atoms with van der Waals surface area (Å²) in [5.41, 5.74) is 0. The van der Waals surface area contributed by atoms with Crippen LogP contribution in [0.4, 0.5) is 0 Å². The molecule has 0 aromatic carbocycles. The number of likely N-dealkylation sites (N-methyl/N-ethyl adjacent to an activating group) is 1. The molecule has 0 spiro atoms. The zero-order chi connectivity index (χ0) is 11.5. The molecule has 0 bridgehead atoms. The number of ether oxygens (including phenoxy) is 1. The average Bonchev–Trinajstić information content (AvgIpc) is 2.23. The number of nitrogens with zero attached hydrogens (tertiary/aromatic N) is 1. The highest BCUT2D eigenvalue weighted by Gasteiger charge is 2.31.